The highest BCUT2D eigenvalue weighted by atomic mass is 16.7. The maximum atomic E-state index is 16.5. The monoisotopic (exact) mass is 1380 g/mol. The van der Waals surface area contributed by atoms with Crippen molar-refractivity contribution in [2.24, 2.45) is 28.4 Å². The molecule has 0 spiro atoms. The second-order valence-corrected chi connectivity index (χ2v) is 27.5. The van der Waals surface area contributed by atoms with E-state index in [2.05, 4.69) is 21.3 Å². The fourth-order valence-corrected chi connectivity index (χ4v) is 14.1. The third-order valence-corrected chi connectivity index (χ3v) is 19.1. The molecule has 2 bridgehead atoms. The van der Waals surface area contributed by atoms with E-state index in [-0.39, 0.29) is 35.2 Å². The third-order valence-electron chi connectivity index (χ3n) is 19.1. The quantitative estimate of drug-likeness (QED) is 0.0175. The Labute approximate surface area is 579 Å². The molecule has 4 aliphatic rings. The van der Waals surface area contributed by atoms with Crippen molar-refractivity contribution >= 4 is 65.3 Å². The fourth-order valence-electron chi connectivity index (χ4n) is 14.1. The Morgan fingerprint density at radius 1 is 0.710 bits per heavy atom. The number of anilines is 1. The molecule has 13 atom stereocenters. The lowest BCUT2D eigenvalue weighted by Gasteiger charge is -2.67. The molecule has 9 rings (SSSR count). The summed E-state index contributed by atoms with van der Waals surface area (Å²) in [5, 5.41) is 37.3. The van der Waals surface area contributed by atoms with E-state index >= 15 is 4.79 Å². The lowest BCUT2D eigenvalue weighted by atomic mass is 9.45. The summed E-state index contributed by atoms with van der Waals surface area (Å²) in [7, 11) is 0. The molecule has 5 aromatic rings. The van der Waals surface area contributed by atoms with Crippen molar-refractivity contribution in [3.63, 3.8) is 0 Å². The number of carbonyl (C=O) groups is 10. The van der Waals surface area contributed by atoms with Gasteiger partial charge in [0.2, 0.25) is 17.6 Å². The summed E-state index contributed by atoms with van der Waals surface area (Å²) in [6.45, 7) is 12.5. The van der Waals surface area contributed by atoms with Crippen LogP contribution < -0.4 is 27.0 Å². The van der Waals surface area contributed by atoms with Crippen LogP contribution in [0.15, 0.2) is 157 Å². The van der Waals surface area contributed by atoms with Crippen LogP contribution in [0.25, 0.3) is 0 Å². The molecule has 1 saturated heterocycles. The number of benzene rings is 5. The minimum Gasteiger partial charge on any atom is -0.460 e. The number of aliphatic hydroxyl groups excluding tert-OH is 1. The van der Waals surface area contributed by atoms with Gasteiger partial charge in [-0.05, 0) is 112 Å². The molecule has 5 aromatic carbocycles. The van der Waals surface area contributed by atoms with Crippen molar-refractivity contribution in [2.75, 3.05) is 18.5 Å². The average Bonchev–Trinajstić information content (AvgIpc) is 0.668. The fraction of sp³-hybridized carbons (Fsp3) is 0.440. The van der Waals surface area contributed by atoms with Crippen LogP contribution in [0.5, 0.6) is 0 Å². The molecule has 3 fully saturated rings. The zero-order valence-electron chi connectivity index (χ0n) is 57.3. The first kappa shape index (κ1) is 74.4. The zero-order chi connectivity index (χ0) is 72.5. The molecule has 2 saturated carbocycles. The first-order valence-corrected chi connectivity index (χ1v) is 33.2. The molecule has 532 valence electrons. The Morgan fingerprint density at radius 3 is 1.90 bits per heavy atom. The van der Waals surface area contributed by atoms with Crippen LogP contribution in [0.1, 0.15) is 138 Å². The van der Waals surface area contributed by atoms with E-state index in [0.29, 0.717) is 30.5 Å². The summed E-state index contributed by atoms with van der Waals surface area (Å²) >= 11 is 0. The number of fused-ring (bicyclic) bond motifs is 5. The number of allylic oxidation sites excluding steroid dienone is 1. The van der Waals surface area contributed by atoms with Gasteiger partial charge in [0.05, 0.1) is 29.5 Å². The molecule has 1 heterocycles. The molecule has 25 heteroatoms. The van der Waals surface area contributed by atoms with Crippen LogP contribution in [0, 0.1) is 22.7 Å². The predicted molar refractivity (Wildman–Crippen MR) is 360 cm³/mol. The van der Waals surface area contributed by atoms with Gasteiger partial charge in [-0.25, -0.2) is 19.2 Å². The van der Waals surface area contributed by atoms with E-state index in [1.165, 1.54) is 45.0 Å². The Hall–Kier alpha value is -9.82. The Morgan fingerprint density at radius 2 is 1.32 bits per heavy atom. The molecule has 8 N–H and O–H groups in total. The molecular weight excluding hydrogens is 1290 g/mol. The van der Waals surface area contributed by atoms with E-state index in [9.17, 15) is 53.4 Å². The summed E-state index contributed by atoms with van der Waals surface area (Å²) in [6.07, 6.45) is -10.6. The second kappa shape index (κ2) is 31.2. The number of ether oxygens (including phenoxy) is 8. The number of Topliss-reactive ketones (excluding diaryl/α,β-unsaturated/α-hetero) is 1. The Balaban J connectivity index is 1.02. The molecule has 0 radical (unpaired) electrons. The minimum atomic E-state index is -2.58. The number of aliphatic hydroxyl groups is 2. The van der Waals surface area contributed by atoms with E-state index in [0.717, 1.165) is 19.4 Å². The van der Waals surface area contributed by atoms with Crippen molar-refractivity contribution in [1.29, 1.82) is 0 Å². The number of nitrogens with two attached hydrogens (primary N) is 1. The van der Waals surface area contributed by atoms with Crippen molar-refractivity contribution in [2.45, 2.75) is 173 Å². The zero-order valence-corrected chi connectivity index (χ0v) is 57.3. The van der Waals surface area contributed by atoms with Crippen LogP contribution in [-0.2, 0) is 79.7 Å². The molecule has 25 nitrogen and oxygen atoms in total. The molecule has 1 aliphatic heterocycles. The van der Waals surface area contributed by atoms with Gasteiger partial charge in [0, 0.05) is 55.7 Å². The summed E-state index contributed by atoms with van der Waals surface area (Å²) in [5.74, 6) is -10.8. The molecule has 11 unspecified atom stereocenters. The van der Waals surface area contributed by atoms with Gasteiger partial charge in [0.1, 0.15) is 54.3 Å². The van der Waals surface area contributed by atoms with Crippen LogP contribution in [0.4, 0.5) is 15.3 Å². The SMILES string of the molecule is CC(=O)OC1=C2C(C)C(OC(=O)C(O)C(NC(=O)c3ccccc3)c3ccccc3)CC(O)(C(OC(=O)c3ccccc3)C3C4(OC(C)=O)COC4CC(OC(=O)OCc4ccc(NC(=O)[C@H](CCCCN)NC(=O)C(Cc5ccccc5)NC(=O)OC(C)(C)C)cc4)[C@@]3(C)C1=O)C2(C)C. The predicted octanol–water partition coefficient (Wildman–Crippen LogP) is 7.99. The van der Waals surface area contributed by atoms with Gasteiger partial charge in [0.25, 0.3) is 5.91 Å². The Kier molecular flexibility index (Phi) is 23.2. The van der Waals surface area contributed by atoms with Crippen LogP contribution in [0.2, 0.25) is 0 Å². The summed E-state index contributed by atoms with van der Waals surface area (Å²) in [5.41, 5.74) is -2.03. The van der Waals surface area contributed by atoms with Crippen molar-refractivity contribution in [3.8, 4) is 0 Å². The molecular formula is C75H87N5O20. The standard InChI is InChI=1S/C75H87N5O20/c1-43-54(96-68(89)59(83)58(48-26-16-11-17-27-48)80-64(85)49-28-18-12-19-29-49)40-75(92)63(98-67(88)50-30-20-13-21-31-50)61-73(9,62(84)60(95-44(2)81)57(43)72(75,7)8)55(39-56-74(61,42-94-56)99-45(3)82)97-70(91)93-41-47-33-35-51(36-34-47)77-65(86)52(32-22-23-37-76)78-66(87)53(38-46-24-14-10-15-25-46)79-69(90)100-71(4,5)6/h10-21,24-31,33-36,43,52-56,58-59,61,63,83,92H,22-23,32,37-42,76H2,1-9H3,(H,77,86)(H,78,87)(H,79,90)(H,80,85)/t43?,52-,53?,54?,55?,56?,58?,59?,61?,63?,73+,74?,75?/m0/s1. The highest BCUT2D eigenvalue weighted by molar-refractivity contribution is 6.02. The van der Waals surface area contributed by atoms with Crippen molar-refractivity contribution in [3.05, 3.63) is 185 Å². The highest BCUT2D eigenvalue weighted by Gasteiger charge is 2.79. The van der Waals surface area contributed by atoms with Gasteiger partial charge in [-0.3, -0.25) is 28.8 Å². The van der Waals surface area contributed by atoms with Crippen LogP contribution in [-0.4, -0.2) is 142 Å². The van der Waals surface area contributed by atoms with E-state index < -0.39 is 180 Å². The number of amides is 4. The van der Waals surface area contributed by atoms with Gasteiger partial charge in [0.15, 0.2) is 17.5 Å². The summed E-state index contributed by atoms with van der Waals surface area (Å²) in [6, 6.07) is 35.4. The molecule has 4 amide bonds. The molecule has 100 heavy (non-hydrogen) atoms. The summed E-state index contributed by atoms with van der Waals surface area (Å²) < 4.78 is 48.7. The third kappa shape index (κ3) is 16.4. The number of unbranched alkanes of at least 4 members (excludes halogenated alkanes) is 1. The number of hydrogen-bond acceptors (Lipinski definition) is 21. The maximum Gasteiger partial charge on any atom is 0.508 e. The van der Waals surface area contributed by atoms with Gasteiger partial charge < -0.3 is 75.1 Å². The van der Waals surface area contributed by atoms with Gasteiger partial charge in [-0.2, -0.15) is 0 Å². The number of ketones is 1. The second-order valence-electron chi connectivity index (χ2n) is 27.5. The van der Waals surface area contributed by atoms with Gasteiger partial charge in [-0.1, -0.05) is 130 Å². The van der Waals surface area contributed by atoms with Crippen molar-refractivity contribution in [1.82, 2.24) is 16.0 Å². The van der Waals surface area contributed by atoms with Gasteiger partial charge in [-0.15, -0.1) is 0 Å². The average molecular weight is 1380 g/mol. The van der Waals surface area contributed by atoms with Crippen molar-refractivity contribution < 1.29 is 96.1 Å². The van der Waals surface area contributed by atoms with Crippen LogP contribution >= 0.6 is 0 Å². The number of hydrogen-bond donors (Lipinski definition) is 7. The smallest absolute Gasteiger partial charge is 0.460 e. The first-order valence-electron chi connectivity index (χ1n) is 33.2. The highest BCUT2D eigenvalue weighted by Crippen LogP contribution is 2.65. The Bertz CT molecular complexity index is 3850. The lowest BCUT2D eigenvalue weighted by molar-refractivity contribution is -0.345. The minimum absolute atomic E-state index is 0.0221. The number of carbonyl (C=O) groups excluding carboxylic acids is 10. The van der Waals surface area contributed by atoms with Crippen LogP contribution in [0.3, 0.4) is 0 Å². The number of nitrogens with one attached hydrogen (secondary N) is 4. The van der Waals surface area contributed by atoms with Gasteiger partial charge >= 0.3 is 36.1 Å². The summed E-state index contributed by atoms with van der Waals surface area (Å²) in [4.78, 5) is 143. The maximum absolute atomic E-state index is 16.5. The number of alkyl carbamates (subject to hydrolysis) is 1. The van der Waals surface area contributed by atoms with E-state index in [1.807, 2.05) is 6.07 Å². The topological polar surface area (TPSA) is 359 Å². The molecule has 0 aromatic heterocycles. The number of rotatable bonds is 24. The van der Waals surface area contributed by atoms with E-state index in [4.69, 9.17) is 43.6 Å². The number of esters is 4. The normalized spacial score (nSPS) is 24.7. The molecule has 3 aliphatic carbocycles. The first-order chi connectivity index (χ1) is 47.4. The van der Waals surface area contributed by atoms with E-state index in [1.54, 1.807) is 143 Å². The largest absolute Gasteiger partial charge is 0.508 e. The lowest BCUT2D eigenvalue weighted by Crippen LogP contribution is -2.81.